The van der Waals surface area contributed by atoms with Crippen molar-refractivity contribution in [3.63, 3.8) is 0 Å². The topological polar surface area (TPSA) is 89.4 Å². The highest BCUT2D eigenvalue weighted by Gasteiger charge is 2.19. The number of nitrogens with one attached hydrogen (secondary N) is 1. The Morgan fingerprint density at radius 1 is 1.29 bits per heavy atom. The van der Waals surface area contributed by atoms with Crippen LogP contribution in [0.25, 0.3) is 10.2 Å². The quantitative estimate of drug-likeness (QED) is 0.720. The first kappa shape index (κ1) is 12.6. The third-order valence-electron chi connectivity index (χ3n) is 3.89. The first-order valence-corrected chi connectivity index (χ1v) is 7.86. The van der Waals surface area contributed by atoms with Crippen LogP contribution in [0.5, 0.6) is 0 Å². The molecule has 3 aromatic rings. The highest BCUT2D eigenvalue weighted by molar-refractivity contribution is 7.18. The van der Waals surface area contributed by atoms with Crippen LogP contribution in [0, 0.1) is 0 Å². The van der Waals surface area contributed by atoms with Crippen LogP contribution in [0.1, 0.15) is 35.5 Å². The molecule has 1 N–H and O–H groups in total. The number of rotatable bonds is 2. The lowest BCUT2D eigenvalue weighted by molar-refractivity contribution is 0.704. The molecule has 0 saturated carbocycles. The SMILES string of the molecule is O=c1c2c3c(sc2ncn1Cc1nn[nH]n1)CCCCC3. The van der Waals surface area contributed by atoms with E-state index < -0.39 is 0 Å². The second-order valence-corrected chi connectivity index (χ2v) is 6.33. The van der Waals surface area contributed by atoms with Crippen LogP contribution in [-0.2, 0) is 19.4 Å². The van der Waals surface area contributed by atoms with Gasteiger partial charge < -0.3 is 0 Å². The van der Waals surface area contributed by atoms with Gasteiger partial charge in [-0.25, -0.2) is 4.98 Å². The third kappa shape index (κ3) is 2.15. The molecule has 0 aromatic carbocycles. The number of tetrazole rings is 1. The molecule has 0 amide bonds. The minimum Gasteiger partial charge on any atom is -0.291 e. The van der Waals surface area contributed by atoms with E-state index in [-0.39, 0.29) is 5.56 Å². The number of nitrogens with zero attached hydrogens (tertiary/aromatic N) is 5. The van der Waals surface area contributed by atoms with E-state index in [2.05, 4.69) is 25.6 Å². The van der Waals surface area contributed by atoms with Gasteiger partial charge in [-0.1, -0.05) is 11.6 Å². The van der Waals surface area contributed by atoms with E-state index in [1.807, 2.05) is 0 Å². The summed E-state index contributed by atoms with van der Waals surface area (Å²) in [5, 5.41) is 14.5. The number of thiophene rings is 1. The molecule has 7 nitrogen and oxygen atoms in total. The van der Waals surface area contributed by atoms with E-state index in [1.54, 1.807) is 22.2 Å². The number of H-pyrrole nitrogens is 1. The fourth-order valence-corrected chi connectivity index (χ4v) is 4.09. The molecular weight excluding hydrogens is 288 g/mol. The zero-order valence-corrected chi connectivity index (χ0v) is 12.2. The van der Waals surface area contributed by atoms with E-state index in [1.165, 1.54) is 23.3 Å². The van der Waals surface area contributed by atoms with Crippen molar-refractivity contribution in [3.8, 4) is 0 Å². The predicted molar refractivity (Wildman–Crippen MR) is 78.4 cm³/mol. The minimum atomic E-state index is 0.00389. The summed E-state index contributed by atoms with van der Waals surface area (Å²) in [6, 6.07) is 0. The summed E-state index contributed by atoms with van der Waals surface area (Å²) in [5.41, 5.74) is 1.22. The maximum absolute atomic E-state index is 12.7. The van der Waals surface area contributed by atoms with Gasteiger partial charge in [0.2, 0.25) is 0 Å². The van der Waals surface area contributed by atoms with Crippen molar-refractivity contribution in [1.82, 2.24) is 30.2 Å². The Hall–Kier alpha value is -2.09. The van der Waals surface area contributed by atoms with E-state index >= 15 is 0 Å². The van der Waals surface area contributed by atoms with Gasteiger partial charge in [0.05, 0.1) is 18.3 Å². The van der Waals surface area contributed by atoms with Crippen LogP contribution in [-0.4, -0.2) is 30.2 Å². The molecule has 0 fully saturated rings. The summed E-state index contributed by atoms with van der Waals surface area (Å²) in [6.45, 7) is 0.295. The van der Waals surface area contributed by atoms with Gasteiger partial charge in [0.25, 0.3) is 5.56 Å². The van der Waals surface area contributed by atoms with Gasteiger partial charge in [0, 0.05) is 4.88 Å². The average molecular weight is 302 g/mol. The van der Waals surface area contributed by atoms with Crippen LogP contribution in [0.2, 0.25) is 0 Å². The van der Waals surface area contributed by atoms with Gasteiger partial charge in [0.1, 0.15) is 4.83 Å². The molecule has 0 aliphatic heterocycles. The van der Waals surface area contributed by atoms with Crippen LogP contribution in [0.3, 0.4) is 0 Å². The average Bonchev–Trinajstić information content (AvgIpc) is 3.05. The monoisotopic (exact) mass is 302 g/mol. The Bertz CT molecular complexity index is 834. The molecule has 4 rings (SSSR count). The molecule has 3 heterocycles. The first-order chi connectivity index (χ1) is 10.3. The van der Waals surface area contributed by atoms with Gasteiger partial charge in [0.15, 0.2) is 5.82 Å². The lowest BCUT2D eigenvalue weighted by Gasteiger charge is -2.03. The van der Waals surface area contributed by atoms with Gasteiger partial charge >= 0.3 is 0 Å². The summed E-state index contributed by atoms with van der Waals surface area (Å²) < 4.78 is 1.56. The molecule has 0 saturated heterocycles. The fraction of sp³-hybridized carbons (Fsp3) is 0.462. The number of aromatic nitrogens is 6. The summed E-state index contributed by atoms with van der Waals surface area (Å²) in [7, 11) is 0. The van der Waals surface area contributed by atoms with Crippen molar-refractivity contribution >= 4 is 21.6 Å². The van der Waals surface area contributed by atoms with Crippen molar-refractivity contribution in [2.75, 3.05) is 0 Å². The lowest BCUT2D eigenvalue weighted by Crippen LogP contribution is -2.22. The van der Waals surface area contributed by atoms with Crippen molar-refractivity contribution in [1.29, 1.82) is 0 Å². The standard InChI is InChI=1S/C13H14N6OS/c20-13-11-8-4-2-1-3-5-9(8)21-12(11)14-7-19(13)6-10-15-17-18-16-10/h7H,1-6H2,(H,15,16,17,18). The van der Waals surface area contributed by atoms with Crippen molar-refractivity contribution in [2.24, 2.45) is 0 Å². The molecule has 0 atom stereocenters. The van der Waals surface area contributed by atoms with Gasteiger partial charge in [-0.3, -0.25) is 9.36 Å². The predicted octanol–water partition coefficient (Wildman–Crippen LogP) is 1.29. The van der Waals surface area contributed by atoms with E-state index in [4.69, 9.17) is 0 Å². The first-order valence-electron chi connectivity index (χ1n) is 7.05. The van der Waals surface area contributed by atoms with Crippen LogP contribution in [0.4, 0.5) is 0 Å². The minimum absolute atomic E-state index is 0.00389. The van der Waals surface area contributed by atoms with Crippen LogP contribution in [0.15, 0.2) is 11.1 Å². The maximum atomic E-state index is 12.7. The molecular formula is C13H14N6OS. The van der Waals surface area contributed by atoms with E-state index in [0.717, 1.165) is 29.5 Å². The number of aryl methyl sites for hydroxylation is 2. The zero-order valence-electron chi connectivity index (χ0n) is 11.4. The van der Waals surface area contributed by atoms with Crippen molar-refractivity contribution in [3.05, 3.63) is 32.9 Å². The molecule has 1 aliphatic carbocycles. The van der Waals surface area contributed by atoms with Crippen LogP contribution < -0.4 is 5.56 Å². The molecule has 0 spiro atoms. The Morgan fingerprint density at radius 3 is 3.05 bits per heavy atom. The summed E-state index contributed by atoms with van der Waals surface area (Å²) in [6.07, 6.45) is 7.23. The van der Waals surface area contributed by atoms with Gasteiger partial charge in [-0.05, 0) is 31.2 Å². The molecule has 0 radical (unpaired) electrons. The normalized spacial score (nSPS) is 15.0. The Balaban J connectivity index is 1.85. The van der Waals surface area contributed by atoms with Gasteiger partial charge in [-0.2, -0.15) is 5.21 Å². The second kappa shape index (κ2) is 5.03. The number of aromatic amines is 1. The molecule has 108 valence electrons. The van der Waals surface area contributed by atoms with E-state index in [0.29, 0.717) is 12.4 Å². The summed E-state index contributed by atoms with van der Waals surface area (Å²) >= 11 is 1.67. The molecule has 0 bridgehead atoms. The summed E-state index contributed by atoms with van der Waals surface area (Å²) in [5.74, 6) is 0.486. The highest BCUT2D eigenvalue weighted by Crippen LogP contribution is 2.32. The van der Waals surface area contributed by atoms with Crippen molar-refractivity contribution < 1.29 is 0 Å². The molecule has 8 heteroatoms. The zero-order chi connectivity index (χ0) is 14.2. The Morgan fingerprint density at radius 2 is 2.19 bits per heavy atom. The Kier molecular flexibility index (Phi) is 3.03. The van der Waals surface area contributed by atoms with Gasteiger partial charge in [-0.15, -0.1) is 21.5 Å². The number of hydrogen-bond donors (Lipinski definition) is 1. The molecule has 0 unspecified atom stereocenters. The largest absolute Gasteiger partial charge is 0.291 e. The van der Waals surface area contributed by atoms with E-state index in [9.17, 15) is 4.79 Å². The highest BCUT2D eigenvalue weighted by atomic mass is 32.1. The maximum Gasteiger partial charge on any atom is 0.262 e. The molecule has 21 heavy (non-hydrogen) atoms. The number of hydrogen-bond acceptors (Lipinski definition) is 6. The Labute approximate surface area is 124 Å². The number of fused-ring (bicyclic) bond motifs is 3. The molecule has 3 aromatic heterocycles. The van der Waals surface area contributed by atoms with Crippen LogP contribution >= 0.6 is 11.3 Å². The summed E-state index contributed by atoms with van der Waals surface area (Å²) in [4.78, 5) is 19.4. The van der Waals surface area contributed by atoms with Crippen molar-refractivity contribution in [2.45, 2.75) is 38.6 Å². The molecule has 1 aliphatic rings. The lowest BCUT2D eigenvalue weighted by atomic mass is 10.1. The fourth-order valence-electron chi connectivity index (χ4n) is 2.87. The smallest absolute Gasteiger partial charge is 0.262 e. The third-order valence-corrected chi connectivity index (χ3v) is 5.09. The second-order valence-electron chi connectivity index (χ2n) is 5.25.